The van der Waals surface area contributed by atoms with Gasteiger partial charge in [0.1, 0.15) is 6.61 Å². The first-order valence-electron chi connectivity index (χ1n) is 8.91. The molecule has 0 atom stereocenters. The third-order valence-corrected chi connectivity index (χ3v) is 4.56. The number of methoxy groups -OCH3 is 1. The zero-order valence-corrected chi connectivity index (χ0v) is 15.6. The van der Waals surface area contributed by atoms with E-state index in [0.717, 1.165) is 23.6 Å². The Morgan fingerprint density at radius 1 is 1.29 bits per heavy atom. The number of hydrogen-bond donors (Lipinski definition) is 1. The van der Waals surface area contributed by atoms with E-state index in [0.29, 0.717) is 18.7 Å². The fraction of sp³-hybridized carbons (Fsp3) is 0.600. The first kappa shape index (κ1) is 18.8. The third kappa shape index (κ3) is 5.53. The molecule has 0 aliphatic carbocycles. The Morgan fingerprint density at radius 3 is 2.58 bits per heavy atom. The standard InChI is InChI=1S/C20H32N2O2/c1-15(2)14-24-20-12-17(6-7-19(20)23-5)13-21-18-8-10-22(11-9-18)16(3)4/h6-7,12,16,18,21H,1,8-11,13-14H2,2-5H3. The molecule has 0 spiro atoms. The van der Waals surface area contributed by atoms with Crippen LogP contribution in [0.1, 0.15) is 39.2 Å². The Balaban J connectivity index is 1.88. The molecule has 0 radical (unpaired) electrons. The maximum Gasteiger partial charge on any atom is 0.161 e. The summed E-state index contributed by atoms with van der Waals surface area (Å²) in [4.78, 5) is 2.55. The summed E-state index contributed by atoms with van der Waals surface area (Å²) in [6.45, 7) is 14.1. The van der Waals surface area contributed by atoms with Crippen LogP contribution in [-0.4, -0.2) is 43.8 Å². The van der Waals surface area contributed by atoms with E-state index in [1.54, 1.807) is 7.11 Å². The second-order valence-corrected chi connectivity index (χ2v) is 7.02. The van der Waals surface area contributed by atoms with Gasteiger partial charge in [0, 0.05) is 18.6 Å². The van der Waals surface area contributed by atoms with E-state index in [1.807, 2.05) is 13.0 Å². The van der Waals surface area contributed by atoms with Crippen molar-refractivity contribution in [3.63, 3.8) is 0 Å². The highest BCUT2D eigenvalue weighted by molar-refractivity contribution is 5.43. The predicted molar refractivity (Wildman–Crippen MR) is 99.9 cm³/mol. The molecule has 0 amide bonds. The molecular formula is C20H32N2O2. The molecule has 1 aromatic carbocycles. The fourth-order valence-corrected chi connectivity index (χ4v) is 3.03. The van der Waals surface area contributed by atoms with Crippen molar-refractivity contribution in [3.05, 3.63) is 35.9 Å². The summed E-state index contributed by atoms with van der Waals surface area (Å²) in [6, 6.07) is 7.40. The van der Waals surface area contributed by atoms with Gasteiger partial charge in [0.05, 0.1) is 7.11 Å². The number of likely N-dealkylation sites (tertiary alicyclic amines) is 1. The van der Waals surface area contributed by atoms with Crippen molar-refractivity contribution >= 4 is 0 Å². The number of rotatable bonds is 8. The van der Waals surface area contributed by atoms with Gasteiger partial charge in [-0.05, 0) is 70.0 Å². The SMILES string of the molecule is C=C(C)COc1cc(CNC2CCN(C(C)C)CC2)ccc1OC. The van der Waals surface area contributed by atoms with Crippen LogP contribution in [0.4, 0.5) is 0 Å². The number of nitrogens with zero attached hydrogens (tertiary/aromatic N) is 1. The lowest BCUT2D eigenvalue weighted by molar-refractivity contribution is 0.161. The lowest BCUT2D eigenvalue weighted by Gasteiger charge is -2.35. The summed E-state index contributed by atoms with van der Waals surface area (Å²) in [6.07, 6.45) is 2.43. The molecule has 4 heteroatoms. The molecule has 1 aliphatic heterocycles. The molecule has 1 N–H and O–H groups in total. The molecule has 0 bridgehead atoms. The largest absolute Gasteiger partial charge is 0.493 e. The Bertz CT molecular complexity index is 534. The number of benzene rings is 1. The van der Waals surface area contributed by atoms with E-state index < -0.39 is 0 Å². The van der Waals surface area contributed by atoms with Gasteiger partial charge in [0.2, 0.25) is 0 Å². The van der Waals surface area contributed by atoms with Crippen molar-refractivity contribution in [3.8, 4) is 11.5 Å². The molecule has 4 nitrogen and oxygen atoms in total. The van der Waals surface area contributed by atoms with Crippen LogP contribution in [0.3, 0.4) is 0 Å². The highest BCUT2D eigenvalue weighted by Crippen LogP contribution is 2.28. The quantitative estimate of drug-likeness (QED) is 0.737. The average molecular weight is 332 g/mol. The van der Waals surface area contributed by atoms with Crippen LogP contribution in [0.15, 0.2) is 30.4 Å². The summed E-state index contributed by atoms with van der Waals surface area (Å²) in [5.41, 5.74) is 2.22. The molecule has 2 rings (SSSR count). The Hall–Kier alpha value is -1.52. The van der Waals surface area contributed by atoms with Gasteiger partial charge in [0.15, 0.2) is 11.5 Å². The van der Waals surface area contributed by atoms with Gasteiger partial charge in [-0.2, -0.15) is 0 Å². The average Bonchev–Trinajstić information content (AvgIpc) is 2.58. The summed E-state index contributed by atoms with van der Waals surface area (Å²) in [5.74, 6) is 1.56. The van der Waals surface area contributed by atoms with Gasteiger partial charge in [-0.15, -0.1) is 0 Å². The molecule has 24 heavy (non-hydrogen) atoms. The number of ether oxygens (including phenoxy) is 2. The Kier molecular flexibility index (Phi) is 7.13. The first-order chi connectivity index (χ1) is 11.5. The Morgan fingerprint density at radius 2 is 2.00 bits per heavy atom. The van der Waals surface area contributed by atoms with E-state index in [9.17, 15) is 0 Å². The highest BCUT2D eigenvalue weighted by atomic mass is 16.5. The fourth-order valence-electron chi connectivity index (χ4n) is 3.03. The van der Waals surface area contributed by atoms with E-state index in [-0.39, 0.29) is 0 Å². The number of piperidine rings is 1. The predicted octanol–water partition coefficient (Wildman–Crippen LogP) is 3.61. The summed E-state index contributed by atoms with van der Waals surface area (Å²) in [5, 5.41) is 3.69. The zero-order chi connectivity index (χ0) is 17.5. The van der Waals surface area contributed by atoms with Crippen LogP contribution in [0.2, 0.25) is 0 Å². The molecule has 0 saturated carbocycles. The monoisotopic (exact) mass is 332 g/mol. The minimum absolute atomic E-state index is 0.515. The van der Waals surface area contributed by atoms with Gasteiger partial charge in [-0.1, -0.05) is 12.6 Å². The number of hydrogen-bond acceptors (Lipinski definition) is 4. The van der Waals surface area contributed by atoms with Gasteiger partial charge >= 0.3 is 0 Å². The number of nitrogens with one attached hydrogen (secondary N) is 1. The van der Waals surface area contributed by atoms with Gasteiger partial charge in [0.25, 0.3) is 0 Å². The minimum Gasteiger partial charge on any atom is -0.493 e. The van der Waals surface area contributed by atoms with E-state index in [2.05, 4.69) is 42.8 Å². The van der Waals surface area contributed by atoms with Crippen LogP contribution in [-0.2, 0) is 6.54 Å². The summed E-state index contributed by atoms with van der Waals surface area (Å²) >= 11 is 0. The van der Waals surface area contributed by atoms with Crippen molar-refractivity contribution < 1.29 is 9.47 Å². The van der Waals surface area contributed by atoms with Crippen LogP contribution in [0.5, 0.6) is 11.5 Å². The van der Waals surface area contributed by atoms with Crippen LogP contribution >= 0.6 is 0 Å². The van der Waals surface area contributed by atoms with Crippen molar-refractivity contribution in [1.82, 2.24) is 10.2 Å². The first-order valence-corrected chi connectivity index (χ1v) is 8.91. The minimum atomic E-state index is 0.515. The van der Waals surface area contributed by atoms with Crippen molar-refractivity contribution in [2.45, 2.75) is 52.2 Å². The molecule has 1 fully saturated rings. The molecule has 134 valence electrons. The van der Waals surface area contributed by atoms with E-state index in [4.69, 9.17) is 9.47 Å². The Labute approximate surface area is 146 Å². The molecule has 1 aliphatic rings. The van der Waals surface area contributed by atoms with Crippen LogP contribution in [0.25, 0.3) is 0 Å². The van der Waals surface area contributed by atoms with Crippen molar-refractivity contribution in [2.75, 3.05) is 26.8 Å². The zero-order valence-electron chi connectivity index (χ0n) is 15.6. The van der Waals surface area contributed by atoms with Crippen molar-refractivity contribution in [2.24, 2.45) is 0 Å². The lowest BCUT2D eigenvalue weighted by atomic mass is 10.0. The van der Waals surface area contributed by atoms with Gasteiger partial charge in [-0.25, -0.2) is 0 Å². The van der Waals surface area contributed by atoms with E-state index >= 15 is 0 Å². The normalized spacial score (nSPS) is 16.4. The summed E-state index contributed by atoms with van der Waals surface area (Å²) < 4.78 is 11.2. The molecule has 1 heterocycles. The molecule has 0 aromatic heterocycles. The topological polar surface area (TPSA) is 33.7 Å². The molecule has 1 saturated heterocycles. The maximum absolute atomic E-state index is 5.80. The van der Waals surface area contributed by atoms with Crippen LogP contribution in [0, 0.1) is 0 Å². The van der Waals surface area contributed by atoms with E-state index in [1.165, 1.54) is 31.5 Å². The van der Waals surface area contributed by atoms with Gasteiger partial charge in [-0.3, -0.25) is 0 Å². The molecular weight excluding hydrogens is 300 g/mol. The second kappa shape index (κ2) is 9.09. The summed E-state index contributed by atoms with van der Waals surface area (Å²) in [7, 11) is 1.67. The molecule has 1 aromatic rings. The molecule has 0 unspecified atom stereocenters. The third-order valence-electron chi connectivity index (χ3n) is 4.56. The lowest BCUT2D eigenvalue weighted by Crippen LogP contribution is -2.44. The van der Waals surface area contributed by atoms with Gasteiger partial charge < -0.3 is 19.7 Å². The highest BCUT2D eigenvalue weighted by Gasteiger charge is 2.20. The van der Waals surface area contributed by atoms with Crippen molar-refractivity contribution in [1.29, 1.82) is 0 Å². The smallest absolute Gasteiger partial charge is 0.161 e. The maximum atomic E-state index is 5.80. The van der Waals surface area contributed by atoms with Crippen LogP contribution < -0.4 is 14.8 Å². The second-order valence-electron chi connectivity index (χ2n) is 7.02.